The fourth-order valence-corrected chi connectivity index (χ4v) is 4.02. The van der Waals surface area contributed by atoms with E-state index in [1.807, 2.05) is 54.6 Å². The largest absolute Gasteiger partial charge is 0.418 e. The van der Waals surface area contributed by atoms with Crippen LogP contribution in [0.15, 0.2) is 83.8 Å². The molecular weight excluding hydrogens is 409 g/mol. The van der Waals surface area contributed by atoms with Gasteiger partial charge in [0.2, 0.25) is 0 Å². The van der Waals surface area contributed by atoms with E-state index in [1.165, 1.54) is 18.2 Å². The molecule has 30 heavy (non-hydrogen) atoms. The zero-order chi connectivity index (χ0) is 21.3. The summed E-state index contributed by atoms with van der Waals surface area (Å²) in [4.78, 5) is 13.8. The molecule has 0 bridgehead atoms. The van der Waals surface area contributed by atoms with Crippen LogP contribution in [0.3, 0.4) is 0 Å². The summed E-state index contributed by atoms with van der Waals surface area (Å²) >= 11 is 0.845. The number of alkyl halides is 3. The molecule has 0 saturated carbocycles. The average molecular weight is 424 g/mol. The Morgan fingerprint density at radius 1 is 0.833 bits per heavy atom. The molecule has 0 atom stereocenters. The Morgan fingerprint density at radius 2 is 1.43 bits per heavy atom. The third kappa shape index (κ3) is 3.89. The van der Waals surface area contributed by atoms with Gasteiger partial charge in [-0.1, -0.05) is 66.7 Å². The van der Waals surface area contributed by atoms with Gasteiger partial charge in [-0.3, -0.25) is 15.1 Å². The maximum Gasteiger partial charge on any atom is 0.418 e. The molecule has 150 valence electrons. The van der Waals surface area contributed by atoms with Gasteiger partial charge in [-0.2, -0.15) is 13.2 Å². The second-order valence-corrected chi connectivity index (χ2v) is 7.59. The Kier molecular flexibility index (Phi) is 5.22. The second-order valence-electron chi connectivity index (χ2n) is 6.56. The molecule has 3 aromatic rings. The predicted octanol–water partition coefficient (Wildman–Crippen LogP) is 6.43. The van der Waals surface area contributed by atoms with Crippen LogP contribution in [-0.2, 0) is 11.0 Å². The molecule has 1 aliphatic heterocycles. The van der Waals surface area contributed by atoms with Gasteiger partial charge in [0.15, 0.2) is 5.17 Å². The van der Waals surface area contributed by atoms with Crippen LogP contribution in [-0.4, -0.2) is 11.1 Å². The molecule has 0 spiro atoms. The Balaban J connectivity index is 1.63. The van der Waals surface area contributed by atoms with E-state index in [9.17, 15) is 18.0 Å². The highest BCUT2D eigenvalue weighted by molar-refractivity contribution is 8.19. The molecule has 1 N–H and O–H groups in total. The lowest BCUT2D eigenvalue weighted by molar-refractivity contribution is -0.137. The normalized spacial score (nSPS) is 15.8. The molecule has 1 heterocycles. The van der Waals surface area contributed by atoms with E-state index in [-0.39, 0.29) is 15.8 Å². The monoisotopic (exact) mass is 424 g/mol. The quantitative estimate of drug-likeness (QED) is 0.493. The lowest BCUT2D eigenvalue weighted by Gasteiger charge is -2.19. The van der Waals surface area contributed by atoms with Crippen molar-refractivity contribution < 1.29 is 18.0 Å². The number of para-hydroxylation sites is 1. The van der Waals surface area contributed by atoms with Crippen LogP contribution in [0, 0.1) is 5.41 Å². The van der Waals surface area contributed by atoms with Crippen molar-refractivity contribution in [1.82, 2.24) is 0 Å². The van der Waals surface area contributed by atoms with E-state index in [1.54, 1.807) is 6.08 Å². The molecule has 3 nitrogen and oxygen atoms in total. The van der Waals surface area contributed by atoms with Gasteiger partial charge >= 0.3 is 6.18 Å². The van der Waals surface area contributed by atoms with Crippen molar-refractivity contribution in [1.29, 1.82) is 5.41 Å². The summed E-state index contributed by atoms with van der Waals surface area (Å²) in [7, 11) is 0. The number of rotatable bonds is 3. The average Bonchev–Trinajstić information content (AvgIpc) is 3.01. The van der Waals surface area contributed by atoms with Crippen molar-refractivity contribution in [2.75, 3.05) is 4.90 Å². The molecular formula is C23H15F3N2OS. The van der Waals surface area contributed by atoms with Crippen LogP contribution in [0.5, 0.6) is 0 Å². The smallest absolute Gasteiger partial charge is 0.278 e. The summed E-state index contributed by atoms with van der Waals surface area (Å²) in [5.74, 6) is -0.645. The number of nitrogens with zero attached hydrogens (tertiary/aromatic N) is 1. The first-order chi connectivity index (χ1) is 14.3. The molecule has 1 amide bonds. The van der Waals surface area contributed by atoms with Crippen LogP contribution >= 0.6 is 11.8 Å². The van der Waals surface area contributed by atoms with Gasteiger partial charge in [0.05, 0.1) is 16.2 Å². The van der Waals surface area contributed by atoms with Gasteiger partial charge in [0.1, 0.15) is 0 Å². The number of hydrogen-bond acceptors (Lipinski definition) is 3. The molecule has 1 saturated heterocycles. The van der Waals surface area contributed by atoms with Crippen LogP contribution in [0.25, 0.3) is 17.2 Å². The number of amidine groups is 1. The fourth-order valence-electron chi connectivity index (χ4n) is 3.17. The zero-order valence-electron chi connectivity index (χ0n) is 15.5. The van der Waals surface area contributed by atoms with Gasteiger partial charge in [0.25, 0.3) is 5.91 Å². The molecule has 1 fully saturated rings. The number of amides is 1. The minimum Gasteiger partial charge on any atom is -0.278 e. The second kappa shape index (κ2) is 7.84. The van der Waals surface area contributed by atoms with Crippen molar-refractivity contribution in [3.63, 3.8) is 0 Å². The number of anilines is 1. The highest BCUT2D eigenvalue weighted by Gasteiger charge is 2.40. The summed E-state index contributed by atoms with van der Waals surface area (Å²) in [6.07, 6.45) is -3.03. The predicted molar refractivity (Wildman–Crippen MR) is 114 cm³/mol. The highest BCUT2D eigenvalue weighted by Crippen LogP contribution is 2.41. The molecule has 7 heteroatoms. The van der Waals surface area contributed by atoms with E-state index >= 15 is 0 Å². The fraction of sp³-hybridized carbons (Fsp3) is 0.0435. The van der Waals surface area contributed by atoms with Crippen LogP contribution in [0.1, 0.15) is 11.1 Å². The molecule has 0 aliphatic carbocycles. The van der Waals surface area contributed by atoms with Gasteiger partial charge < -0.3 is 0 Å². The van der Waals surface area contributed by atoms with Gasteiger partial charge in [-0.05, 0) is 46.7 Å². The minimum absolute atomic E-state index is 0.199. The van der Waals surface area contributed by atoms with Crippen molar-refractivity contribution in [2.24, 2.45) is 0 Å². The van der Waals surface area contributed by atoms with Crippen LogP contribution in [0.2, 0.25) is 0 Å². The zero-order valence-corrected chi connectivity index (χ0v) is 16.3. The van der Waals surface area contributed by atoms with Gasteiger partial charge in [-0.25, -0.2) is 0 Å². The number of hydrogen-bond donors (Lipinski definition) is 1. The molecule has 0 unspecified atom stereocenters. The number of carbonyl (C=O) groups excluding carboxylic acids is 1. The lowest BCUT2D eigenvalue weighted by Crippen LogP contribution is -2.30. The molecule has 3 aromatic carbocycles. The van der Waals surface area contributed by atoms with Crippen molar-refractivity contribution in [3.05, 3.63) is 94.9 Å². The maximum atomic E-state index is 13.3. The van der Waals surface area contributed by atoms with Crippen LogP contribution < -0.4 is 4.90 Å². The molecule has 0 radical (unpaired) electrons. The SMILES string of the molecule is N=C1S/C(=C\c2ccc(-c3ccccc3)cc2)C(=O)N1c1ccccc1C(F)(F)F. The third-order valence-corrected chi connectivity index (χ3v) is 5.48. The first-order valence-electron chi connectivity index (χ1n) is 8.99. The number of benzene rings is 3. The summed E-state index contributed by atoms with van der Waals surface area (Å²) in [6.45, 7) is 0. The summed E-state index contributed by atoms with van der Waals surface area (Å²) in [5, 5.41) is 7.82. The van der Waals surface area contributed by atoms with E-state index in [0.717, 1.165) is 39.4 Å². The van der Waals surface area contributed by atoms with E-state index < -0.39 is 17.6 Å². The summed E-state index contributed by atoms with van der Waals surface area (Å²) in [6, 6.07) is 22.1. The number of halogens is 3. The minimum atomic E-state index is -4.62. The standard InChI is InChI=1S/C23H15F3N2OS/c24-23(25,26)18-8-4-5-9-19(18)28-21(29)20(30-22(28)27)14-15-10-12-17(13-11-15)16-6-2-1-3-7-16/h1-14,27H/b20-14-,27-22?. The van der Waals surface area contributed by atoms with Crippen molar-refractivity contribution in [2.45, 2.75) is 6.18 Å². The number of thioether (sulfide) groups is 1. The van der Waals surface area contributed by atoms with E-state index in [0.29, 0.717) is 0 Å². The summed E-state index contributed by atoms with van der Waals surface area (Å²) in [5.41, 5.74) is 1.51. The maximum absolute atomic E-state index is 13.3. The Hall–Kier alpha value is -3.32. The van der Waals surface area contributed by atoms with Crippen molar-refractivity contribution >= 4 is 34.6 Å². The topological polar surface area (TPSA) is 44.2 Å². The van der Waals surface area contributed by atoms with Gasteiger partial charge in [0, 0.05) is 0 Å². The van der Waals surface area contributed by atoms with Crippen molar-refractivity contribution in [3.8, 4) is 11.1 Å². The van der Waals surface area contributed by atoms with Crippen LogP contribution in [0.4, 0.5) is 18.9 Å². The lowest BCUT2D eigenvalue weighted by atomic mass is 10.0. The first-order valence-corrected chi connectivity index (χ1v) is 9.80. The Morgan fingerprint density at radius 3 is 2.10 bits per heavy atom. The Labute approximate surface area is 175 Å². The number of carbonyl (C=O) groups is 1. The van der Waals surface area contributed by atoms with Gasteiger partial charge in [-0.15, -0.1) is 0 Å². The highest BCUT2D eigenvalue weighted by atomic mass is 32.2. The van der Waals surface area contributed by atoms with E-state index in [2.05, 4.69) is 0 Å². The first kappa shape index (κ1) is 20.0. The molecule has 4 rings (SSSR count). The third-order valence-electron chi connectivity index (χ3n) is 4.59. The summed E-state index contributed by atoms with van der Waals surface area (Å²) < 4.78 is 40.0. The number of nitrogens with one attached hydrogen (secondary N) is 1. The molecule has 1 aliphatic rings. The Bertz CT molecular complexity index is 1140. The molecule has 0 aromatic heterocycles. The van der Waals surface area contributed by atoms with E-state index in [4.69, 9.17) is 5.41 Å².